The second-order valence-corrected chi connectivity index (χ2v) is 7.96. The number of fused-ring (bicyclic) bond motifs is 1. The highest BCUT2D eigenvalue weighted by Crippen LogP contribution is 2.39. The van der Waals surface area contributed by atoms with Crippen molar-refractivity contribution in [2.45, 2.75) is 33.6 Å². The fraction of sp³-hybridized carbons (Fsp3) is 0.292. The lowest BCUT2D eigenvalue weighted by atomic mass is 9.82. The maximum Gasteiger partial charge on any atom is 0.255 e. The van der Waals surface area contributed by atoms with E-state index in [4.69, 9.17) is 0 Å². The van der Waals surface area contributed by atoms with Crippen LogP contribution in [-0.2, 0) is 9.59 Å². The average molecular weight is 388 g/mol. The number of nitrogens with zero attached hydrogens (tertiary/aromatic N) is 1. The van der Waals surface area contributed by atoms with Crippen molar-refractivity contribution in [3.63, 3.8) is 0 Å². The molecule has 2 aromatic rings. The molecule has 0 radical (unpaired) electrons. The summed E-state index contributed by atoms with van der Waals surface area (Å²) in [6.45, 7) is 5.97. The molecule has 2 aliphatic rings. The highest BCUT2D eigenvalue weighted by Gasteiger charge is 2.48. The first kappa shape index (κ1) is 19.1. The Morgan fingerprint density at radius 3 is 2.38 bits per heavy atom. The first-order valence-corrected chi connectivity index (χ1v) is 9.88. The number of rotatable bonds is 3. The van der Waals surface area contributed by atoms with Crippen molar-refractivity contribution in [3.05, 3.63) is 70.8 Å². The Bertz CT molecular complexity index is 1040. The van der Waals surface area contributed by atoms with Gasteiger partial charge in [-0.05, 0) is 75.1 Å². The molecule has 1 heterocycles. The van der Waals surface area contributed by atoms with Gasteiger partial charge in [-0.2, -0.15) is 0 Å². The Morgan fingerprint density at radius 1 is 0.966 bits per heavy atom. The zero-order valence-corrected chi connectivity index (χ0v) is 16.9. The summed E-state index contributed by atoms with van der Waals surface area (Å²) in [6, 6.07) is 12.4. The minimum Gasteiger partial charge on any atom is -0.322 e. The molecule has 0 unspecified atom stereocenters. The molecule has 1 N–H and O–H groups in total. The number of nitrogens with one attached hydrogen (secondary N) is 1. The molecule has 5 nitrogen and oxygen atoms in total. The highest BCUT2D eigenvalue weighted by atomic mass is 16.2. The van der Waals surface area contributed by atoms with E-state index in [0.717, 1.165) is 22.4 Å². The van der Waals surface area contributed by atoms with E-state index in [9.17, 15) is 14.4 Å². The molecule has 2 atom stereocenters. The van der Waals surface area contributed by atoms with Crippen molar-refractivity contribution >= 4 is 29.1 Å². The zero-order valence-electron chi connectivity index (χ0n) is 16.9. The van der Waals surface area contributed by atoms with E-state index in [2.05, 4.69) is 11.4 Å². The van der Waals surface area contributed by atoms with Gasteiger partial charge in [-0.25, -0.2) is 0 Å². The summed E-state index contributed by atoms with van der Waals surface area (Å²) in [5.74, 6) is -1.03. The molecular weight excluding hydrogens is 364 g/mol. The van der Waals surface area contributed by atoms with Gasteiger partial charge in [0.2, 0.25) is 11.8 Å². The summed E-state index contributed by atoms with van der Waals surface area (Å²) in [7, 11) is 0. The molecule has 1 aliphatic carbocycles. The number of carbonyl (C=O) groups excluding carboxylic acids is 3. The van der Waals surface area contributed by atoms with Crippen LogP contribution in [0.3, 0.4) is 0 Å². The number of hydrogen-bond acceptors (Lipinski definition) is 3. The molecule has 5 heteroatoms. The highest BCUT2D eigenvalue weighted by molar-refractivity contribution is 6.22. The van der Waals surface area contributed by atoms with Gasteiger partial charge in [-0.15, -0.1) is 0 Å². The Kier molecular flexibility index (Phi) is 4.82. The zero-order chi connectivity index (χ0) is 20.7. The molecule has 2 aromatic carbocycles. The minimum atomic E-state index is -0.265. The number of hydrogen-bond donors (Lipinski definition) is 1. The summed E-state index contributed by atoms with van der Waals surface area (Å²) in [5, 5.41) is 2.93. The first-order valence-electron chi connectivity index (χ1n) is 9.88. The van der Waals surface area contributed by atoms with E-state index in [1.165, 1.54) is 4.90 Å². The van der Waals surface area contributed by atoms with Crippen LogP contribution in [0.25, 0.3) is 0 Å². The van der Waals surface area contributed by atoms with Gasteiger partial charge in [0, 0.05) is 11.3 Å². The number of anilines is 2. The van der Waals surface area contributed by atoms with Crippen LogP contribution in [-0.4, -0.2) is 17.7 Å². The summed E-state index contributed by atoms with van der Waals surface area (Å²) >= 11 is 0. The number of carbonyl (C=O) groups is 3. The van der Waals surface area contributed by atoms with E-state index >= 15 is 0 Å². The third kappa shape index (κ3) is 3.37. The molecular formula is C24H24N2O3. The van der Waals surface area contributed by atoms with Crippen LogP contribution in [0.5, 0.6) is 0 Å². The summed E-state index contributed by atoms with van der Waals surface area (Å²) in [6.07, 6.45) is 3.31. The molecule has 1 fully saturated rings. The van der Waals surface area contributed by atoms with E-state index in [-0.39, 0.29) is 29.6 Å². The van der Waals surface area contributed by atoms with Gasteiger partial charge in [0.25, 0.3) is 5.91 Å². The number of aryl methyl sites for hydroxylation is 1. The van der Waals surface area contributed by atoms with Gasteiger partial charge in [-0.1, -0.05) is 23.8 Å². The molecule has 0 saturated carbocycles. The number of allylic oxidation sites excluding steroid dienone is 2. The molecule has 0 bridgehead atoms. The van der Waals surface area contributed by atoms with Crippen molar-refractivity contribution in [2.24, 2.45) is 11.8 Å². The van der Waals surface area contributed by atoms with Crippen molar-refractivity contribution < 1.29 is 14.4 Å². The summed E-state index contributed by atoms with van der Waals surface area (Å²) in [5.41, 5.74) is 5.07. The number of benzene rings is 2. The van der Waals surface area contributed by atoms with Crippen molar-refractivity contribution in [3.8, 4) is 0 Å². The Balaban J connectivity index is 1.52. The average Bonchev–Trinajstić information content (AvgIpc) is 2.95. The summed E-state index contributed by atoms with van der Waals surface area (Å²) < 4.78 is 0. The third-order valence-corrected chi connectivity index (χ3v) is 6.06. The topological polar surface area (TPSA) is 66.5 Å². The molecule has 3 amide bonds. The van der Waals surface area contributed by atoms with Crippen LogP contribution in [0.2, 0.25) is 0 Å². The smallest absolute Gasteiger partial charge is 0.255 e. The Morgan fingerprint density at radius 2 is 1.66 bits per heavy atom. The predicted octanol–water partition coefficient (Wildman–Crippen LogP) is 4.40. The Hall–Kier alpha value is -3.21. The van der Waals surface area contributed by atoms with E-state index in [1.54, 1.807) is 24.3 Å². The lowest BCUT2D eigenvalue weighted by Gasteiger charge is -2.18. The maximum absolute atomic E-state index is 12.8. The SMILES string of the molecule is CC1=CC[C@@H]2C(=O)N(c3ccc(C(=O)Nc4cccc(C)c4C)cc3)C(=O)[C@@H]2C1. The van der Waals surface area contributed by atoms with Gasteiger partial charge < -0.3 is 5.32 Å². The van der Waals surface area contributed by atoms with Crippen LogP contribution >= 0.6 is 0 Å². The van der Waals surface area contributed by atoms with Crippen LogP contribution in [0.1, 0.15) is 41.3 Å². The minimum absolute atomic E-state index is 0.139. The normalized spacial score (nSPS) is 21.1. The van der Waals surface area contributed by atoms with E-state index < -0.39 is 0 Å². The predicted molar refractivity (Wildman–Crippen MR) is 113 cm³/mol. The fourth-order valence-corrected chi connectivity index (χ4v) is 4.13. The summed E-state index contributed by atoms with van der Waals surface area (Å²) in [4.78, 5) is 39.5. The van der Waals surface area contributed by atoms with E-state index in [1.807, 2.05) is 39.0 Å². The molecule has 0 spiro atoms. The van der Waals surface area contributed by atoms with Gasteiger partial charge >= 0.3 is 0 Å². The fourth-order valence-electron chi connectivity index (χ4n) is 4.13. The molecule has 148 valence electrons. The monoisotopic (exact) mass is 388 g/mol. The standard InChI is InChI=1S/C24H24N2O3/c1-14-7-12-19-20(13-14)24(29)26(23(19)28)18-10-8-17(9-11-18)22(27)25-21-6-4-5-15(2)16(21)3/h4-11,19-20H,12-13H2,1-3H3,(H,25,27)/t19-,20+/m0/s1. The number of amides is 3. The van der Waals surface area contributed by atoms with Crippen LogP contribution < -0.4 is 10.2 Å². The number of imide groups is 1. The van der Waals surface area contributed by atoms with E-state index in [0.29, 0.717) is 24.1 Å². The van der Waals surface area contributed by atoms with Gasteiger partial charge in [-0.3, -0.25) is 19.3 Å². The van der Waals surface area contributed by atoms with Crippen molar-refractivity contribution in [1.29, 1.82) is 0 Å². The molecule has 1 saturated heterocycles. The second-order valence-electron chi connectivity index (χ2n) is 7.96. The molecule has 1 aliphatic heterocycles. The van der Waals surface area contributed by atoms with Gasteiger partial charge in [0.05, 0.1) is 17.5 Å². The van der Waals surface area contributed by atoms with Crippen LogP contribution in [0.4, 0.5) is 11.4 Å². The first-order chi connectivity index (χ1) is 13.9. The lowest BCUT2D eigenvalue weighted by molar-refractivity contribution is -0.122. The quantitative estimate of drug-likeness (QED) is 0.626. The lowest BCUT2D eigenvalue weighted by Crippen LogP contribution is -2.30. The maximum atomic E-state index is 12.8. The Labute approximate surface area is 170 Å². The van der Waals surface area contributed by atoms with Gasteiger partial charge in [0.15, 0.2) is 0 Å². The second kappa shape index (κ2) is 7.32. The van der Waals surface area contributed by atoms with Crippen molar-refractivity contribution in [2.75, 3.05) is 10.2 Å². The van der Waals surface area contributed by atoms with Gasteiger partial charge in [0.1, 0.15) is 0 Å². The third-order valence-electron chi connectivity index (χ3n) is 6.06. The van der Waals surface area contributed by atoms with Crippen LogP contribution in [0, 0.1) is 25.7 Å². The van der Waals surface area contributed by atoms with Crippen LogP contribution in [0.15, 0.2) is 54.1 Å². The largest absolute Gasteiger partial charge is 0.322 e. The van der Waals surface area contributed by atoms with Crippen molar-refractivity contribution in [1.82, 2.24) is 0 Å². The molecule has 29 heavy (non-hydrogen) atoms. The molecule has 4 rings (SSSR count). The molecule has 0 aromatic heterocycles.